The van der Waals surface area contributed by atoms with Crippen LogP contribution in [0.5, 0.6) is 0 Å². The smallest absolute Gasteiger partial charge is 0.193 e. The van der Waals surface area contributed by atoms with Crippen LogP contribution < -0.4 is 5.32 Å². The van der Waals surface area contributed by atoms with Crippen molar-refractivity contribution in [2.75, 3.05) is 53.1 Å². The van der Waals surface area contributed by atoms with E-state index in [1.54, 1.807) is 0 Å². The third-order valence-electron chi connectivity index (χ3n) is 4.82. The van der Waals surface area contributed by atoms with E-state index in [0.29, 0.717) is 5.41 Å². The van der Waals surface area contributed by atoms with E-state index in [9.17, 15) is 0 Å². The molecule has 2 saturated carbocycles. The summed E-state index contributed by atoms with van der Waals surface area (Å²) in [7, 11) is 2.10. The van der Waals surface area contributed by atoms with Crippen molar-refractivity contribution in [1.29, 1.82) is 0 Å². The molecular formula is C18H36IN3O2. The van der Waals surface area contributed by atoms with Gasteiger partial charge in [-0.3, -0.25) is 4.99 Å². The predicted octanol–water partition coefficient (Wildman–Crippen LogP) is 3.14. The lowest BCUT2D eigenvalue weighted by Gasteiger charge is -2.23. The highest BCUT2D eigenvalue weighted by atomic mass is 127. The van der Waals surface area contributed by atoms with Gasteiger partial charge in [0.25, 0.3) is 0 Å². The molecule has 0 heterocycles. The van der Waals surface area contributed by atoms with Crippen molar-refractivity contribution < 1.29 is 9.47 Å². The van der Waals surface area contributed by atoms with Crippen LogP contribution in [0, 0.1) is 11.3 Å². The molecule has 2 fully saturated rings. The summed E-state index contributed by atoms with van der Waals surface area (Å²) in [6, 6.07) is 0. The van der Waals surface area contributed by atoms with E-state index in [-0.39, 0.29) is 24.0 Å². The molecule has 0 aromatic rings. The van der Waals surface area contributed by atoms with Crippen LogP contribution in [-0.4, -0.2) is 64.0 Å². The van der Waals surface area contributed by atoms with Crippen molar-refractivity contribution in [3.8, 4) is 0 Å². The number of likely N-dealkylation sites (N-methyl/N-ethyl adjacent to an activating group) is 1. The van der Waals surface area contributed by atoms with E-state index in [1.807, 2.05) is 0 Å². The van der Waals surface area contributed by atoms with Gasteiger partial charge in [-0.15, -0.1) is 24.0 Å². The van der Waals surface area contributed by atoms with Gasteiger partial charge in [-0.2, -0.15) is 0 Å². The van der Waals surface area contributed by atoms with E-state index in [1.165, 1.54) is 25.7 Å². The van der Waals surface area contributed by atoms with Crippen molar-refractivity contribution in [1.82, 2.24) is 10.2 Å². The average molecular weight is 453 g/mol. The number of guanidine groups is 1. The molecule has 24 heavy (non-hydrogen) atoms. The van der Waals surface area contributed by atoms with Gasteiger partial charge in [0.2, 0.25) is 0 Å². The van der Waals surface area contributed by atoms with Gasteiger partial charge in [0.1, 0.15) is 0 Å². The second kappa shape index (κ2) is 11.5. The van der Waals surface area contributed by atoms with Crippen LogP contribution in [0.15, 0.2) is 4.99 Å². The molecule has 0 radical (unpaired) electrons. The van der Waals surface area contributed by atoms with Crippen LogP contribution in [0.3, 0.4) is 0 Å². The molecule has 0 bridgehead atoms. The fourth-order valence-corrected chi connectivity index (χ4v) is 2.65. The van der Waals surface area contributed by atoms with Gasteiger partial charge in [-0.1, -0.05) is 0 Å². The molecule has 2 aliphatic rings. The third kappa shape index (κ3) is 8.34. The first-order valence-corrected chi connectivity index (χ1v) is 9.34. The Kier molecular flexibility index (Phi) is 10.5. The highest BCUT2D eigenvalue weighted by Gasteiger charge is 2.42. The van der Waals surface area contributed by atoms with E-state index in [4.69, 9.17) is 14.5 Å². The van der Waals surface area contributed by atoms with Gasteiger partial charge < -0.3 is 19.7 Å². The Bertz CT molecular complexity index is 371. The normalized spacial score (nSPS) is 18.9. The lowest BCUT2D eigenvalue weighted by molar-refractivity contribution is 0.115. The second-order valence-electron chi connectivity index (χ2n) is 7.06. The molecule has 0 spiro atoms. The van der Waals surface area contributed by atoms with Crippen molar-refractivity contribution in [3.63, 3.8) is 0 Å². The molecule has 0 unspecified atom stereocenters. The molecule has 0 aromatic heterocycles. The standard InChI is InChI=1S/C18H35N3O2.HI/c1-4-19-17(21(3)11-13-23-14-16-6-7-16)20-15-18(8-9-18)10-12-22-5-2;/h16H,4-15H2,1-3H3,(H,19,20);1H. The van der Waals surface area contributed by atoms with Gasteiger partial charge in [0.05, 0.1) is 6.61 Å². The topological polar surface area (TPSA) is 46.1 Å². The summed E-state index contributed by atoms with van der Waals surface area (Å²) in [5, 5.41) is 3.40. The molecule has 0 aliphatic heterocycles. The minimum Gasteiger partial charge on any atom is -0.382 e. The molecule has 2 rings (SSSR count). The maximum absolute atomic E-state index is 5.74. The molecular weight excluding hydrogens is 417 g/mol. The van der Waals surface area contributed by atoms with Gasteiger partial charge in [0.15, 0.2) is 5.96 Å². The Morgan fingerprint density at radius 2 is 1.96 bits per heavy atom. The van der Waals surface area contributed by atoms with Gasteiger partial charge >= 0.3 is 0 Å². The third-order valence-corrected chi connectivity index (χ3v) is 4.82. The summed E-state index contributed by atoms with van der Waals surface area (Å²) in [5.41, 5.74) is 0.402. The van der Waals surface area contributed by atoms with Crippen LogP contribution in [0.25, 0.3) is 0 Å². The first kappa shape index (κ1) is 22.0. The zero-order valence-corrected chi connectivity index (χ0v) is 18.0. The van der Waals surface area contributed by atoms with Crippen LogP contribution in [0.2, 0.25) is 0 Å². The van der Waals surface area contributed by atoms with Crippen LogP contribution in [-0.2, 0) is 9.47 Å². The van der Waals surface area contributed by atoms with Crippen LogP contribution in [0.1, 0.15) is 46.0 Å². The molecule has 142 valence electrons. The summed E-state index contributed by atoms with van der Waals surface area (Å²) < 4.78 is 11.2. The van der Waals surface area contributed by atoms with Crippen LogP contribution >= 0.6 is 24.0 Å². The largest absolute Gasteiger partial charge is 0.382 e. The van der Waals surface area contributed by atoms with Crippen molar-refractivity contribution in [3.05, 3.63) is 0 Å². The summed E-state index contributed by atoms with van der Waals surface area (Å²) in [5.74, 6) is 1.84. The zero-order valence-electron chi connectivity index (χ0n) is 15.7. The predicted molar refractivity (Wildman–Crippen MR) is 110 cm³/mol. The number of aliphatic imine (C=N–C) groups is 1. The molecule has 6 heteroatoms. The van der Waals surface area contributed by atoms with E-state index in [0.717, 1.165) is 64.4 Å². The number of nitrogens with one attached hydrogen (secondary N) is 1. The molecule has 5 nitrogen and oxygen atoms in total. The lowest BCUT2D eigenvalue weighted by atomic mass is 10.0. The molecule has 2 aliphatic carbocycles. The maximum atomic E-state index is 5.74. The highest BCUT2D eigenvalue weighted by Crippen LogP contribution is 2.49. The average Bonchev–Trinajstić information content (AvgIpc) is 3.44. The Morgan fingerprint density at radius 3 is 2.54 bits per heavy atom. The molecule has 0 amide bonds. The first-order valence-electron chi connectivity index (χ1n) is 9.34. The van der Waals surface area contributed by atoms with Gasteiger partial charge in [-0.05, 0) is 57.3 Å². The number of ether oxygens (including phenoxy) is 2. The van der Waals surface area contributed by atoms with Crippen molar-refractivity contribution >= 4 is 29.9 Å². The number of hydrogen-bond acceptors (Lipinski definition) is 3. The summed E-state index contributed by atoms with van der Waals surface area (Å²) in [4.78, 5) is 7.06. The molecule has 1 N–H and O–H groups in total. The Hall–Kier alpha value is -0.0800. The van der Waals surface area contributed by atoms with E-state index < -0.39 is 0 Å². The van der Waals surface area contributed by atoms with E-state index in [2.05, 4.69) is 31.1 Å². The van der Waals surface area contributed by atoms with E-state index >= 15 is 0 Å². The molecule has 0 saturated heterocycles. The van der Waals surface area contributed by atoms with Gasteiger partial charge in [-0.25, -0.2) is 0 Å². The van der Waals surface area contributed by atoms with Crippen molar-refractivity contribution in [2.45, 2.75) is 46.0 Å². The second-order valence-corrected chi connectivity index (χ2v) is 7.06. The number of nitrogens with zero attached hydrogens (tertiary/aromatic N) is 2. The summed E-state index contributed by atoms with van der Waals surface area (Å²) >= 11 is 0. The number of rotatable bonds is 12. The Morgan fingerprint density at radius 1 is 1.21 bits per heavy atom. The quantitative estimate of drug-likeness (QED) is 0.214. The number of halogens is 1. The molecule has 0 atom stereocenters. The SMILES string of the molecule is CCNC(=NCC1(CCOCC)CC1)N(C)CCOCC1CC1.I. The summed E-state index contributed by atoms with van der Waals surface area (Å²) in [6.07, 6.45) is 6.42. The zero-order chi connectivity index (χ0) is 16.5. The fourth-order valence-electron chi connectivity index (χ4n) is 2.65. The lowest BCUT2D eigenvalue weighted by Crippen LogP contribution is -2.41. The first-order chi connectivity index (χ1) is 11.2. The maximum Gasteiger partial charge on any atom is 0.193 e. The number of hydrogen-bond donors (Lipinski definition) is 1. The molecule has 0 aromatic carbocycles. The minimum atomic E-state index is 0. The van der Waals surface area contributed by atoms with Crippen molar-refractivity contribution in [2.24, 2.45) is 16.3 Å². The minimum absolute atomic E-state index is 0. The monoisotopic (exact) mass is 453 g/mol. The summed E-state index contributed by atoms with van der Waals surface area (Å²) in [6.45, 7) is 10.3. The fraction of sp³-hybridized carbons (Fsp3) is 0.944. The van der Waals surface area contributed by atoms with Crippen LogP contribution in [0.4, 0.5) is 0 Å². The Balaban J connectivity index is 0.00000288. The Labute approximate surface area is 165 Å². The van der Waals surface area contributed by atoms with Gasteiger partial charge in [0, 0.05) is 46.5 Å². The highest BCUT2D eigenvalue weighted by molar-refractivity contribution is 14.0.